The normalized spacial score (nSPS) is 10.0. The molecule has 6 nitrogen and oxygen atoms in total. The molecule has 0 aliphatic carbocycles. The second-order valence-corrected chi connectivity index (χ2v) is 5.07. The van der Waals surface area contributed by atoms with E-state index < -0.39 is 5.91 Å². The van der Waals surface area contributed by atoms with Gasteiger partial charge in [0, 0.05) is 12.0 Å². The van der Waals surface area contributed by atoms with Gasteiger partial charge in [0.1, 0.15) is 6.61 Å². The maximum absolute atomic E-state index is 12.0. The summed E-state index contributed by atoms with van der Waals surface area (Å²) in [5.41, 5.74) is 5.10. The number of hydrazine groups is 1. The Kier molecular flexibility index (Phi) is 6.95. The highest BCUT2D eigenvalue weighted by atomic mass is 16.5. The lowest BCUT2D eigenvalue weighted by atomic mass is 10.1. The second-order valence-electron chi connectivity index (χ2n) is 5.07. The lowest BCUT2D eigenvalue weighted by molar-refractivity contribution is -0.122. The van der Waals surface area contributed by atoms with Crippen LogP contribution in [0.2, 0.25) is 0 Å². The largest absolute Gasteiger partial charge is 0.493 e. The highest BCUT2D eigenvalue weighted by molar-refractivity contribution is 5.96. The van der Waals surface area contributed by atoms with Crippen molar-refractivity contribution in [3.63, 3.8) is 0 Å². The first-order chi connectivity index (χ1) is 10.5. The predicted octanol–water partition coefficient (Wildman–Crippen LogP) is 2.07. The third-order valence-corrected chi connectivity index (χ3v) is 2.69. The lowest BCUT2D eigenvalue weighted by Gasteiger charge is -2.12. The van der Waals surface area contributed by atoms with Crippen LogP contribution in [0, 0.1) is 5.92 Å². The number of benzene rings is 1. The summed E-state index contributed by atoms with van der Waals surface area (Å²) in [6.45, 7) is 7.76. The molecule has 0 bridgehead atoms. The molecule has 1 aromatic rings. The van der Waals surface area contributed by atoms with E-state index in [1.54, 1.807) is 24.3 Å². The maximum atomic E-state index is 12.0. The highest BCUT2D eigenvalue weighted by Gasteiger charge is 2.12. The first-order valence-corrected chi connectivity index (χ1v) is 6.98. The van der Waals surface area contributed by atoms with E-state index in [0.29, 0.717) is 30.1 Å². The van der Waals surface area contributed by atoms with Crippen molar-refractivity contribution in [1.29, 1.82) is 0 Å². The minimum Gasteiger partial charge on any atom is -0.493 e. The van der Waals surface area contributed by atoms with Crippen molar-refractivity contribution in [2.45, 2.75) is 20.3 Å². The Hall–Kier alpha value is -2.50. The molecule has 0 radical (unpaired) electrons. The summed E-state index contributed by atoms with van der Waals surface area (Å²) in [4.78, 5) is 23.5. The predicted molar refractivity (Wildman–Crippen MR) is 83.7 cm³/mol. The molecule has 0 aliphatic rings. The number of ether oxygens (including phenoxy) is 2. The molecule has 1 rings (SSSR count). The van der Waals surface area contributed by atoms with Crippen LogP contribution in [0.25, 0.3) is 0 Å². The van der Waals surface area contributed by atoms with Gasteiger partial charge in [-0.3, -0.25) is 20.4 Å². The van der Waals surface area contributed by atoms with Gasteiger partial charge in [0.25, 0.3) is 5.91 Å². The first kappa shape index (κ1) is 17.6. The summed E-state index contributed by atoms with van der Waals surface area (Å²) in [6.07, 6.45) is 1.96. The number of carbonyl (C=O) groups is 2. The SMILES string of the molecule is C=CCOc1ccc(C(=O)NNC(=O)CC(C)C)cc1OC. The third-order valence-electron chi connectivity index (χ3n) is 2.69. The molecule has 0 saturated heterocycles. The summed E-state index contributed by atoms with van der Waals surface area (Å²) in [5.74, 6) is 0.510. The van der Waals surface area contributed by atoms with Crippen molar-refractivity contribution >= 4 is 11.8 Å². The van der Waals surface area contributed by atoms with Gasteiger partial charge in [-0.05, 0) is 24.1 Å². The van der Waals surface area contributed by atoms with Crippen molar-refractivity contribution in [2.24, 2.45) is 5.92 Å². The van der Waals surface area contributed by atoms with Gasteiger partial charge < -0.3 is 9.47 Å². The molecule has 0 atom stereocenters. The van der Waals surface area contributed by atoms with Gasteiger partial charge in [-0.25, -0.2) is 0 Å². The van der Waals surface area contributed by atoms with Gasteiger partial charge in [-0.1, -0.05) is 26.5 Å². The van der Waals surface area contributed by atoms with E-state index in [0.717, 1.165) is 0 Å². The van der Waals surface area contributed by atoms with Crippen LogP contribution in [0.4, 0.5) is 0 Å². The Morgan fingerprint density at radius 3 is 2.59 bits per heavy atom. The van der Waals surface area contributed by atoms with Gasteiger partial charge in [0.05, 0.1) is 7.11 Å². The van der Waals surface area contributed by atoms with E-state index in [1.807, 2.05) is 13.8 Å². The van der Waals surface area contributed by atoms with Crippen molar-refractivity contribution in [3.05, 3.63) is 36.4 Å². The summed E-state index contributed by atoms with van der Waals surface area (Å²) >= 11 is 0. The monoisotopic (exact) mass is 306 g/mol. The molecule has 0 saturated carbocycles. The minimum absolute atomic E-state index is 0.221. The average Bonchev–Trinajstić information content (AvgIpc) is 2.49. The molecule has 0 aromatic heterocycles. The molecule has 2 N–H and O–H groups in total. The molecule has 22 heavy (non-hydrogen) atoms. The standard InChI is InChI=1S/C16H22N2O4/c1-5-8-22-13-7-6-12(10-14(13)21-4)16(20)18-17-15(19)9-11(2)3/h5-7,10-11H,1,8-9H2,2-4H3,(H,17,19)(H,18,20). The summed E-state index contributed by atoms with van der Waals surface area (Å²) < 4.78 is 10.6. The molecule has 2 amide bonds. The van der Waals surface area contributed by atoms with Crippen LogP contribution in [0.5, 0.6) is 11.5 Å². The minimum atomic E-state index is -0.425. The van der Waals surface area contributed by atoms with Crippen LogP contribution in [0.15, 0.2) is 30.9 Å². The third kappa shape index (κ3) is 5.47. The van der Waals surface area contributed by atoms with E-state index in [-0.39, 0.29) is 11.8 Å². The van der Waals surface area contributed by atoms with E-state index in [9.17, 15) is 9.59 Å². The van der Waals surface area contributed by atoms with Gasteiger partial charge >= 0.3 is 0 Å². The summed E-state index contributed by atoms with van der Waals surface area (Å²) in [6, 6.07) is 4.76. The number of carbonyl (C=O) groups excluding carboxylic acids is 2. The van der Waals surface area contributed by atoms with Crippen LogP contribution >= 0.6 is 0 Å². The summed E-state index contributed by atoms with van der Waals surface area (Å²) in [5, 5.41) is 0. The van der Waals surface area contributed by atoms with E-state index in [2.05, 4.69) is 17.4 Å². The van der Waals surface area contributed by atoms with Crippen molar-refractivity contribution < 1.29 is 19.1 Å². The smallest absolute Gasteiger partial charge is 0.269 e. The van der Waals surface area contributed by atoms with Crippen molar-refractivity contribution in [3.8, 4) is 11.5 Å². The fourth-order valence-electron chi connectivity index (χ4n) is 1.70. The van der Waals surface area contributed by atoms with Gasteiger partial charge in [0.2, 0.25) is 5.91 Å². The van der Waals surface area contributed by atoms with Crippen LogP contribution in [-0.4, -0.2) is 25.5 Å². The Morgan fingerprint density at radius 2 is 2.00 bits per heavy atom. The van der Waals surface area contributed by atoms with E-state index in [4.69, 9.17) is 9.47 Å². The highest BCUT2D eigenvalue weighted by Crippen LogP contribution is 2.27. The van der Waals surface area contributed by atoms with Crippen LogP contribution in [0.1, 0.15) is 30.6 Å². The molecule has 120 valence electrons. The summed E-state index contributed by atoms with van der Waals surface area (Å²) in [7, 11) is 1.49. The van der Waals surface area contributed by atoms with Crippen LogP contribution in [-0.2, 0) is 4.79 Å². The Balaban J connectivity index is 2.69. The van der Waals surface area contributed by atoms with Crippen LogP contribution in [0.3, 0.4) is 0 Å². The number of nitrogens with one attached hydrogen (secondary N) is 2. The van der Waals surface area contributed by atoms with Crippen molar-refractivity contribution in [1.82, 2.24) is 10.9 Å². The zero-order valence-corrected chi connectivity index (χ0v) is 13.1. The quantitative estimate of drug-likeness (QED) is 0.597. The number of rotatable bonds is 7. The Bertz CT molecular complexity index is 541. The fourth-order valence-corrected chi connectivity index (χ4v) is 1.70. The number of amides is 2. The molecular formula is C16H22N2O4. The second kappa shape index (κ2) is 8.71. The van der Waals surface area contributed by atoms with E-state index >= 15 is 0 Å². The van der Waals surface area contributed by atoms with Gasteiger partial charge in [-0.15, -0.1) is 0 Å². The molecule has 0 unspecified atom stereocenters. The lowest BCUT2D eigenvalue weighted by Crippen LogP contribution is -2.42. The topological polar surface area (TPSA) is 76.7 Å². The van der Waals surface area contributed by atoms with Crippen LogP contribution < -0.4 is 20.3 Å². The van der Waals surface area contributed by atoms with Crippen molar-refractivity contribution in [2.75, 3.05) is 13.7 Å². The Morgan fingerprint density at radius 1 is 1.27 bits per heavy atom. The zero-order valence-electron chi connectivity index (χ0n) is 13.1. The number of hydrogen-bond acceptors (Lipinski definition) is 4. The molecule has 0 fully saturated rings. The fraction of sp³-hybridized carbons (Fsp3) is 0.375. The molecule has 6 heteroatoms. The molecule has 0 spiro atoms. The maximum Gasteiger partial charge on any atom is 0.269 e. The molecular weight excluding hydrogens is 284 g/mol. The van der Waals surface area contributed by atoms with Gasteiger partial charge in [-0.2, -0.15) is 0 Å². The van der Waals surface area contributed by atoms with Gasteiger partial charge in [0.15, 0.2) is 11.5 Å². The molecule has 0 heterocycles. The first-order valence-electron chi connectivity index (χ1n) is 6.98. The average molecular weight is 306 g/mol. The van der Waals surface area contributed by atoms with E-state index in [1.165, 1.54) is 7.11 Å². The Labute approximate surface area is 130 Å². The zero-order chi connectivity index (χ0) is 16.5. The number of hydrogen-bond donors (Lipinski definition) is 2. The number of methoxy groups -OCH3 is 1. The molecule has 0 aliphatic heterocycles. The molecule has 1 aromatic carbocycles.